The van der Waals surface area contributed by atoms with Gasteiger partial charge in [-0.1, -0.05) is 12.1 Å². The molecular weight excluding hydrogens is 262 g/mol. The number of anilines is 1. The van der Waals surface area contributed by atoms with Crippen molar-refractivity contribution in [3.63, 3.8) is 0 Å². The van der Waals surface area contributed by atoms with Gasteiger partial charge in [-0.15, -0.1) is 0 Å². The SMILES string of the molecule is CN1CCc2cc(C(CN)N(C)Cc3ccoc3)ccc21. The zero-order chi connectivity index (χ0) is 14.8. The summed E-state index contributed by atoms with van der Waals surface area (Å²) in [5.41, 5.74) is 11.3. The largest absolute Gasteiger partial charge is 0.472 e. The Kier molecular flexibility index (Phi) is 3.99. The highest BCUT2D eigenvalue weighted by Gasteiger charge is 2.20. The van der Waals surface area contributed by atoms with Crippen LogP contribution >= 0.6 is 0 Å². The second-order valence-electron chi connectivity index (χ2n) is 5.86. The van der Waals surface area contributed by atoms with Crippen molar-refractivity contribution in [2.75, 3.05) is 32.1 Å². The van der Waals surface area contributed by atoms with E-state index in [1.54, 1.807) is 12.5 Å². The van der Waals surface area contributed by atoms with E-state index in [0.29, 0.717) is 6.54 Å². The van der Waals surface area contributed by atoms with Crippen LogP contribution in [0.4, 0.5) is 5.69 Å². The Balaban J connectivity index is 1.80. The molecule has 2 N–H and O–H groups in total. The number of benzene rings is 1. The maximum Gasteiger partial charge on any atom is 0.0947 e. The van der Waals surface area contributed by atoms with Gasteiger partial charge in [-0.3, -0.25) is 4.90 Å². The molecular formula is C17H23N3O. The molecule has 1 aromatic carbocycles. The Bertz CT molecular complexity index is 594. The van der Waals surface area contributed by atoms with Gasteiger partial charge >= 0.3 is 0 Å². The van der Waals surface area contributed by atoms with Crippen molar-refractivity contribution in [3.05, 3.63) is 53.5 Å². The fourth-order valence-corrected chi connectivity index (χ4v) is 3.15. The van der Waals surface area contributed by atoms with Gasteiger partial charge in [-0.2, -0.15) is 0 Å². The van der Waals surface area contributed by atoms with Crippen LogP contribution in [0.2, 0.25) is 0 Å². The van der Waals surface area contributed by atoms with Crippen LogP contribution < -0.4 is 10.6 Å². The van der Waals surface area contributed by atoms with Crippen LogP contribution in [0.1, 0.15) is 22.7 Å². The van der Waals surface area contributed by atoms with Gasteiger partial charge in [0.05, 0.1) is 12.5 Å². The molecule has 1 atom stereocenters. The summed E-state index contributed by atoms with van der Waals surface area (Å²) in [6, 6.07) is 9.00. The summed E-state index contributed by atoms with van der Waals surface area (Å²) in [4.78, 5) is 4.59. The third kappa shape index (κ3) is 2.82. The summed E-state index contributed by atoms with van der Waals surface area (Å²) in [7, 11) is 4.26. The molecule has 0 fully saturated rings. The van der Waals surface area contributed by atoms with Crippen LogP contribution in [0, 0.1) is 0 Å². The summed E-state index contributed by atoms with van der Waals surface area (Å²) in [5, 5.41) is 0. The minimum atomic E-state index is 0.233. The van der Waals surface area contributed by atoms with Crippen molar-refractivity contribution >= 4 is 5.69 Å². The first-order valence-corrected chi connectivity index (χ1v) is 7.44. The highest BCUT2D eigenvalue weighted by atomic mass is 16.3. The molecule has 0 spiro atoms. The van der Waals surface area contributed by atoms with Crippen molar-refractivity contribution in [2.24, 2.45) is 5.73 Å². The van der Waals surface area contributed by atoms with Gasteiger partial charge in [0.15, 0.2) is 0 Å². The van der Waals surface area contributed by atoms with E-state index >= 15 is 0 Å². The molecule has 3 rings (SSSR count). The van der Waals surface area contributed by atoms with E-state index in [2.05, 4.69) is 42.1 Å². The van der Waals surface area contributed by atoms with Gasteiger partial charge in [-0.05, 0) is 36.7 Å². The lowest BCUT2D eigenvalue weighted by Gasteiger charge is -2.27. The van der Waals surface area contributed by atoms with Crippen LogP contribution in [0.15, 0.2) is 41.2 Å². The van der Waals surface area contributed by atoms with Crippen LogP contribution in [0.25, 0.3) is 0 Å². The summed E-state index contributed by atoms with van der Waals surface area (Å²) in [6.45, 7) is 2.56. The van der Waals surface area contributed by atoms with E-state index in [1.807, 2.05) is 6.07 Å². The quantitative estimate of drug-likeness (QED) is 0.916. The monoisotopic (exact) mass is 285 g/mol. The highest BCUT2D eigenvalue weighted by molar-refractivity contribution is 5.58. The van der Waals surface area contributed by atoms with Crippen LogP contribution in [-0.4, -0.2) is 32.1 Å². The minimum absolute atomic E-state index is 0.233. The van der Waals surface area contributed by atoms with Crippen molar-refractivity contribution in [3.8, 4) is 0 Å². The molecule has 1 aromatic heterocycles. The summed E-state index contributed by atoms with van der Waals surface area (Å²) in [6.07, 6.45) is 4.63. The fourth-order valence-electron chi connectivity index (χ4n) is 3.15. The summed E-state index contributed by atoms with van der Waals surface area (Å²) in [5.74, 6) is 0. The first kappa shape index (κ1) is 14.2. The average Bonchev–Trinajstić information content (AvgIpc) is 3.10. The lowest BCUT2D eigenvalue weighted by Crippen LogP contribution is -2.30. The topological polar surface area (TPSA) is 45.6 Å². The molecule has 2 aromatic rings. The fraction of sp³-hybridized carbons (Fsp3) is 0.412. The van der Waals surface area contributed by atoms with Crippen molar-refractivity contribution in [2.45, 2.75) is 19.0 Å². The number of fused-ring (bicyclic) bond motifs is 1. The molecule has 2 heterocycles. The van der Waals surface area contributed by atoms with Gasteiger partial charge < -0.3 is 15.1 Å². The summed E-state index contributed by atoms with van der Waals surface area (Å²) >= 11 is 0. The zero-order valence-corrected chi connectivity index (χ0v) is 12.7. The molecule has 1 aliphatic heterocycles. The molecule has 0 bridgehead atoms. The first-order valence-electron chi connectivity index (χ1n) is 7.44. The third-order valence-corrected chi connectivity index (χ3v) is 4.38. The minimum Gasteiger partial charge on any atom is -0.472 e. The Morgan fingerprint density at radius 1 is 1.38 bits per heavy atom. The van der Waals surface area contributed by atoms with Gasteiger partial charge in [-0.25, -0.2) is 0 Å². The standard InChI is InChI=1S/C17H23N3O/c1-19-7-5-15-9-14(3-4-16(15)19)17(10-18)20(2)11-13-6-8-21-12-13/h3-4,6,8-9,12,17H,5,7,10-11,18H2,1-2H3. The van der Waals surface area contributed by atoms with E-state index in [0.717, 1.165) is 19.5 Å². The van der Waals surface area contributed by atoms with Gasteiger partial charge in [0, 0.05) is 44.0 Å². The third-order valence-electron chi connectivity index (χ3n) is 4.38. The molecule has 0 radical (unpaired) electrons. The maximum atomic E-state index is 6.03. The number of likely N-dealkylation sites (N-methyl/N-ethyl adjacent to an activating group) is 2. The zero-order valence-electron chi connectivity index (χ0n) is 12.7. The van der Waals surface area contributed by atoms with Crippen LogP contribution in [0.5, 0.6) is 0 Å². The van der Waals surface area contributed by atoms with Crippen molar-refractivity contribution < 1.29 is 4.42 Å². The Hall–Kier alpha value is -1.78. The van der Waals surface area contributed by atoms with E-state index in [9.17, 15) is 0 Å². The molecule has 0 amide bonds. The molecule has 1 aliphatic rings. The van der Waals surface area contributed by atoms with Gasteiger partial charge in [0.2, 0.25) is 0 Å². The number of nitrogens with zero attached hydrogens (tertiary/aromatic N) is 2. The number of rotatable bonds is 5. The molecule has 0 saturated carbocycles. The van der Waals surface area contributed by atoms with Crippen LogP contribution in [-0.2, 0) is 13.0 Å². The number of furan rings is 1. The molecule has 0 saturated heterocycles. The van der Waals surface area contributed by atoms with E-state index in [4.69, 9.17) is 10.2 Å². The lowest BCUT2D eigenvalue weighted by atomic mass is 10.0. The van der Waals surface area contributed by atoms with Gasteiger partial charge in [0.25, 0.3) is 0 Å². The highest BCUT2D eigenvalue weighted by Crippen LogP contribution is 2.30. The Labute approximate surface area is 126 Å². The maximum absolute atomic E-state index is 6.03. The smallest absolute Gasteiger partial charge is 0.0947 e. The number of hydrogen-bond acceptors (Lipinski definition) is 4. The predicted molar refractivity (Wildman–Crippen MR) is 85.4 cm³/mol. The van der Waals surface area contributed by atoms with Crippen molar-refractivity contribution in [1.82, 2.24) is 4.90 Å². The van der Waals surface area contributed by atoms with Crippen molar-refractivity contribution in [1.29, 1.82) is 0 Å². The predicted octanol–water partition coefficient (Wildman–Crippen LogP) is 2.40. The Morgan fingerprint density at radius 3 is 2.95 bits per heavy atom. The number of hydrogen-bond donors (Lipinski definition) is 1. The molecule has 21 heavy (non-hydrogen) atoms. The van der Waals surface area contributed by atoms with E-state index < -0.39 is 0 Å². The lowest BCUT2D eigenvalue weighted by molar-refractivity contribution is 0.241. The second kappa shape index (κ2) is 5.92. The Morgan fingerprint density at radius 2 is 2.24 bits per heavy atom. The summed E-state index contributed by atoms with van der Waals surface area (Å²) < 4.78 is 5.14. The van der Waals surface area contributed by atoms with Gasteiger partial charge in [0.1, 0.15) is 0 Å². The normalized spacial score (nSPS) is 15.5. The average molecular weight is 285 g/mol. The molecule has 4 nitrogen and oxygen atoms in total. The molecule has 4 heteroatoms. The second-order valence-corrected chi connectivity index (χ2v) is 5.86. The molecule has 0 aliphatic carbocycles. The molecule has 112 valence electrons. The first-order chi connectivity index (χ1) is 10.2. The van der Waals surface area contributed by atoms with Crippen LogP contribution in [0.3, 0.4) is 0 Å². The van der Waals surface area contributed by atoms with E-state index in [-0.39, 0.29) is 6.04 Å². The molecule has 1 unspecified atom stereocenters. The van der Waals surface area contributed by atoms with E-state index in [1.165, 1.54) is 22.4 Å². The number of nitrogens with two attached hydrogens (primary N) is 1.